The molecule has 1 atom stereocenters. The maximum Gasteiger partial charge on any atom is 0.295 e. The monoisotopic (exact) mass is 492 g/mol. The van der Waals surface area contributed by atoms with E-state index >= 15 is 0 Å². The van der Waals surface area contributed by atoms with Crippen molar-refractivity contribution in [2.75, 3.05) is 7.11 Å². The molecule has 2 heterocycles. The van der Waals surface area contributed by atoms with Crippen LogP contribution in [0.1, 0.15) is 22.7 Å². The summed E-state index contributed by atoms with van der Waals surface area (Å²) in [4.78, 5) is 32.1. The van der Waals surface area contributed by atoms with Crippen LogP contribution in [0.4, 0.5) is 0 Å². The normalized spacial score (nSPS) is 16.6. The minimum atomic E-state index is -0.824. The topological polar surface area (TPSA) is 89.0 Å². The SMILES string of the molecule is COc1ccc(C(O)=C2C(=O)C(=O)N(Cc3ccncc3)[C@H]2c2cccc(Oc3ccccc3)c2)cc1. The van der Waals surface area contributed by atoms with Crippen LogP contribution in [0.3, 0.4) is 0 Å². The number of Topliss-reactive ketones (excluding diaryl/α,β-unsaturated/α-hetero) is 1. The molecule has 1 aromatic heterocycles. The number of amides is 1. The number of benzene rings is 3. The van der Waals surface area contributed by atoms with Gasteiger partial charge < -0.3 is 19.5 Å². The van der Waals surface area contributed by atoms with Crippen LogP contribution in [0.15, 0.2) is 109 Å². The molecule has 1 N–H and O–H groups in total. The Bertz CT molecular complexity index is 1450. The van der Waals surface area contributed by atoms with Crippen LogP contribution in [0.2, 0.25) is 0 Å². The fraction of sp³-hybridized carbons (Fsp3) is 0.100. The van der Waals surface area contributed by atoms with Crippen LogP contribution >= 0.6 is 0 Å². The van der Waals surface area contributed by atoms with Gasteiger partial charge in [-0.1, -0.05) is 30.3 Å². The zero-order valence-electron chi connectivity index (χ0n) is 20.1. The average Bonchev–Trinajstić information content (AvgIpc) is 3.19. The van der Waals surface area contributed by atoms with E-state index in [1.807, 2.05) is 36.4 Å². The van der Waals surface area contributed by atoms with Gasteiger partial charge in [0.1, 0.15) is 23.0 Å². The first-order valence-corrected chi connectivity index (χ1v) is 11.7. The van der Waals surface area contributed by atoms with Crippen molar-refractivity contribution in [1.82, 2.24) is 9.88 Å². The van der Waals surface area contributed by atoms with Crippen molar-refractivity contribution in [3.63, 3.8) is 0 Å². The van der Waals surface area contributed by atoms with Gasteiger partial charge in [-0.25, -0.2) is 0 Å². The summed E-state index contributed by atoms with van der Waals surface area (Å²) in [6, 6.07) is 25.9. The van der Waals surface area contributed by atoms with Gasteiger partial charge in [0.25, 0.3) is 11.7 Å². The number of aromatic nitrogens is 1. The molecule has 184 valence electrons. The van der Waals surface area contributed by atoms with Gasteiger partial charge in [0.05, 0.1) is 18.7 Å². The van der Waals surface area contributed by atoms with Gasteiger partial charge in [0, 0.05) is 24.5 Å². The molecule has 1 aliphatic heterocycles. The molecule has 4 aromatic rings. The summed E-state index contributed by atoms with van der Waals surface area (Å²) in [6.45, 7) is 0.168. The smallest absolute Gasteiger partial charge is 0.295 e. The zero-order chi connectivity index (χ0) is 25.8. The number of methoxy groups -OCH3 is 1. The molecule has 0 bridgehead atoms. The highest BCUT2D eigenvalue weighted by atomic mass is 16.5. The van der Waals surface area contributed by atoms with Crippen molar-refractivity contribution in [3.05, 3.63) is 126 Å². The standard InChI is InChI=1S/C30H24N2O5/c1-36-23-12-10-21(11-13-23)28(33)26-27(32(30(35)29(26)34)19-20-14-16-31-17-15-20)22-6-5-9-25(18-22)37-24-7-3-2-4-8-24/h2-18,27,33H,19H2,1H3/t27-/m0/s1. The number of carbonyl (C=O) groups is 2. The van der Waals surface area contributed by atoms with Crippen molar-refractivity contribution in [2.24, 2.45) is 0 Å². The van der Waals surface area contributed by atoms with Crippen LogP contribution in [-0.2, 0) is 16.1 Å². The highest BCUT2D eigenvalue weighted by Crippen LogP contribution is 2.41. The van der Waals surface area contributed by atoms with Gasteiger partial charge in [0.2, 0.25) is 0 Å². The van der Waals surface area contributed by atoms with Crippen molar-refractivity contribution >= 4 is 17.4 Å². The molecular weight excluding hydrogens is 468 g/mol. The fourth-order valence-corrected chi connectivity index (χ4v) is 4.35. The third kappa shape index (κ3) is 4.92. The molecule has 1 amide bonds. The van der Waals surface area contributed by atoms with E-state index in [1.165, 1.54) is 4.90 Å². The first kappa shape index (κ1) is 23.8. The number of hydrogen-bond acceptors (Lipinski definition) is 6. The van der Waals surface area contributed by atoms with Crippen LogP contribution in [0.5, 0.6) is 17.2 Å². The Morgan fingerprint density at radius 3 is 2.27 bits per heavy atom. The summed E-state index contributed by atoms with van der Waals surface area (Å²) < 4.78 is 11.2. The van der Waals surface area contributed by atoms with Crippen molar-refractivity contribution in [3.8, 4) is 17.2 Å². The number of aliphatic hydroxyl groups is 1. The maximum atomic E-state index is 13.3. The Balaban J connectivity index is 1.60. The third-order valence-corrected chi connectivity index (χ3v) is 6.16. The molecule has 0 aliphatic carbocycles. The van der Waals surface area contributed by atoms with Gasteiger partial charge in [-0.15, -0.1) is 0 Å². The molecule has 37 heavy (non-hydrogen) atoms. The second kappa shape index (κ2) is 10.4. The number of para-hydroxylation sites is 1. The lowest BCUT2D eigenvalue weighted by molar-refractivity contribution is -0.140. The highest BCUT2D eigenvalue weighted by molar-refractivity contribution is 6.46. The number of rotatable bonds is 7. The summed E-state index contributed by atoms with van der Waals surface area (Å²) in [5.74, 6) is 0.119. The van der Waals surface area contributed by atoms with Gasteiger partial charge in [-0.2, -0.15) is 0 Å². The first-order valence-electron chi connectivity index (χ1n) is 11.7. The number of ether oxygens (including phenoxy) is 2. The lowest BCUT2D eigenvalue weighted by Gasteiger charge is -2.25. The number of carbonyl (C=O) groups excluding carboxylic acids is 2. The van der Waals surface area contributed by atoms with E-state index in [1.54, 1.807) is 74.1 Å². The van der Waals surface area contributed by atoms with E-state index in [2.05, 4.69) is 4.98 Å². The predicted octanol–water partition coefficient (Wildman–Crippen LogP) is 5.50. The molecule has 7 heteroatoms. The minimum Gasteiger partial charge on any atom is -0.507 e. The zero-order valence-corrected chi connectivity index (χ0v) is 20.1. The molecule has 0 radical (unpaired) electrons. The second-order valence-electron chi connectivity index (χ2n) is 8.50. The quantitative estimate of drug-likeness (QED) is 0.208. The molecule has 5 rings (SSSR count). The number of ketones is 1. The van der Waals surface area contributed by atoms with E-state index < -0.39 is 17.7 Å². The van der Waals surface area contributed by atoms with E-state index in [0.717, 1.165) is 5.56 Å². The molecule has 0 saturated carbocycles. The summed E-state index contributed by atoms with van der Waals surface area (Å²) in [5, 5.41) is 11.3. The van der Waals surface area contributed by atoms with Gasteiger partial charge in [0.15, 0.2) is 0 Å². The Hall–Kier alpha value is -4.91. The third-order valence-electron chi connectivity index (χ3n) is 6.16. The number of likely N-dealkylation sites (tertiary alicyclic amines) is 1. The average molecular weight is 493 g/mol. The molecule has 7 nitrogen and oxygen atoms in total. The Labute approximate surface area is 214 Å². The number of hydrogen-bond donors (Lipinski definition) is 1. The largest absolute Gasteiger partial charge is 0.507 e. The van der Waals surface area contributed by atoms with Crippen molar-refractivity contribution in [2.45, 2.75) is 12.6 Å². The van der Waals surface area contributed by atoms with Crippen LogP contribution in [-0.4, -0.2) is 33.8 Å². The Morgan fingerprint density at radius 1 is 0.865 bits per heavy atom. The molecule has 0 spiro atoms. The highest BCUT2D eigenvalue weighted by Gasteiger charge is 2.46. The summed E-state index contributed by atoms with van der Waals surface area (Å²) >= 11 is 0. The maximum absolute atomic E-state index is 13.3. The van der Waals surface area contributed by atoms with Gasteiger partial charge >= 0.3 is 0 Å². The van der Waals surface area contributed by atoms with Crippen LogP contribution in [0, 0.1) is 0 Å². The summed E-state index contributed by atoms with van der Waals surface area (Å²) in [6.07, 6.45) is 3.26. The molecule has 0 unspecified atom stereocenters. The predicted molar refractivity (Wildman–Crippen MR) is 138 cm³/mol. The summed E-state index contributed by atoms with van der Waals surface area (Å²) in [5.41, 5.74) is 1.87. The van der Waals surface area contributed by atoms with E-state index in [9.17, 15) is 14.7 Å². The number of pyridine rings is 1. The Morgan fingerprint density at radius 2 is 1.57 bits per heavy atom. The van der Waals surface area contributed by atoms with E-state index in [-0.39, 0.29) is 17.9 Å². The van der Waals surface area contributed by atoms with Crippen molar-refractivity contribution < 1.29 is 24.2 Å². The van der Waals surface area contributed by atoms with E-state index in [4.69, 9.17) is 9.47 Å². The summed E-state index contributed by atoms with van der Waals surface area (Å²) in [7, 11) is 1.55. The van der Waals surface area contributed by atoms with Crippen molar-refractivity contribution in [1.29, 1.82) is 0 Å². The van der Waals surface area contributed by atoms with Crippen LogP contribution < -0.4 is 9.47 Å². The minimum absolute atomic E-state index is 0.0149. The first-order chi connectivity index (χ1) is 18.0. The number of aliphatic hydroxyl groups excluding tert-OH is 1. The number of nitrogens with zero attached hydrogens (tertiary/aromatic N) is 2. The lowest BCUT2D eigenvalue weighted by atomic mass is 9.95. The molecule has 1 fully saturated rings. The molecular formula is C30H24N2O5. The molecule has 1 aliphatic rings. The molecule has 1 saturated heterocycles. The van der Waals surface area contributed by atoms with Gasteiger partial charge in [-0.3, -0.25) is 14.6 Å². The van der Waals surface area contributed by atoms with Gasteiger partial charge in [-0.05, 0) is 71.8 Å². The van der Waals surface area contributed by atoms with E-state index in [0.29, 0.717) is 28.4 Å². The Kier molecular flexibility index (Phi) is 6.68. The lowest BCUT2D eigenvalue weighted by Crippen LogP contribution is -2.29. The second-order valence-corrected chi connectivity index (χ2v) is 8.50. The van der Waals surface area contributed by atoms with Crippen LogP contribution in [0.25, 0.3) is 5.76 Å². The molecule has 3 aromatic carbocycles. The fourth-order valence-electron chi connectivity index (χ4n) is 4.35.